The van der Waals surface area contributed by atoms with E-state index in [2.05, 4.69) is 44.5 Å². The summed E-state index contributed by atoms with van der Waals surface area (Å²) in [6.07, 6.45) is 9.06. The summed E-state index contributed by atoms with van der Waals surface area (Å²) in [6.45, 7) is 3.65. The smallest absolute Gasteiger partial charge is 0.214 e. The Morgan fingerprint density at radius 2 is 2.38 bits per heavy atom. The minimum atomic E-state index is 0. The molecule has 0 amide bonds. The summed E-state index contributed by atoms with van der Waals surface area (Å²) < 4.78 is 1.15. The maximum atomic E-state index is 4.10. The first kappa shape index (κ1) is 15.6. The number of nitrogens with one attached hydrogen (secondary N) is 2. The van der Waals surface area contributed by atoms with Gasteiger partial charge in [-0.3, -0.25) is 4.98 Å². The van der Waals surface area contributed by atoms with Crippen molar-refractivity contribution in [2.45, 2.75) is 0 Å². The average molecular weight is 441 g/mol. The predicted octanol–water partition coefficient (Wildman–Crippen LogP) is -2.56. The Balaban J connectivity index is 0.00000225. The van der Waals surface area contributed by atoms with Crippen LogP contribution in [0.15, 0.2) is 43.5 Å². The van der Waals surface area contributed by atoms with Gasteiger partial charge in [0.25, 0.3) is 0 Å². The summed E-state index contributed by atoms with van der Waals surface area (Å²) in [6, 6.07) is 1.97. The van der Waals surface area contributed by atoms with E-state index in [-0.39, 0.29) is 24.0 Å². The number of hydrogen-bond acceptors (Lipinski definition) is 2. The Kier molecular flexibility index (Phi) is 8.44. The van der Waals surface area contributed by atoms with E-state index in [4.69, 9.17) is 0 Å². The van der Waals surface area contributed by atoms with Gasteiger partial charge in [0.05, 0.1) is 5.56 Å². The van der Waals surface area contributed by atoms with Gasteiger partial charge in [0.15, 0.2) is 6.20 Å². The molecule has 86 valence electrons. The van der Waals surface area contributed by atoms with Gasteiger partial charge in [0.1, 0.15) is 0 Å². The number of allylic oxidation sites excluding steroid dienone is 1. The standard InChI is InChI=1S/C11H12IN3.HI/c1-3-15-11(5-6-13-2)9-8-14-7-4-10(9)12;/h3-8,13H,1H2,2H3;1H/b6-5-,15-11?;. The zero-order chi connectivity index (χ0) is 11.1. The predicted molar refractivity (Wildman–Crippen MR) is 70.4 cm³/mol. The SMILES string of the molecule is C=C[NH+]=C(/C=C\NC)c1cnccc1I.[I-]. The van der Waals surface area contributed by atoms with Gasteiger partial charge in [0, 0.05) is 35.3 Å². The molecule has 1 heterocycles. The summed E-state index contributed by atoms with van der Waals surface area (Å²) >= 11 is 2.28. The van der Waals surface area contributed by atoms with Crippen LogP contribution >= 0.6 is 22.6 Å². The van der Waals surface area contributed by atoms with Crippen molar-refractivity contribution in [3.8, 4) is 0 Å². The van der Waals surface area contributed by atoms with Crippen molar-refractivity contribution >= 4 is 28.3 Å². The van der Waals surface area contributed by atoms with Crippen LogP contribution < -0.4 is 34.3 Å². The Bertz CT molecular complexity index is 400. The average Bonchev–Trinajstić information content (AvgIpc) is 2.25. The van der Waals surface area contributed by atoms with Crippen molar-refractivity contribution in [2.75, 3.05) is 7.05 Å². The Hall–Kier alpha value is -0.440. The first-order valence-corrected chi connectivity index (χ1v) is 5.55. The van der Waals surface area contributed by atoms with Crippen LogP contribution in [-0.4, -0.2) is 17.7 Å². The molecule has 0 fully saturated rings. The number of pyridine rings is 1. The number of aromatic nitrogens is 1. The van der Waals surface area contributed by atoms with E-state index in [0.29, 0.717) is 0 Å². The molecule has 1 aromatic heterocycles. The molecule has 0 aromatic carbocycles. The zero-order valence-electron chi connectivity index (χ0n) is 8.87. The highest BCUT2D eigenvalue weighted by Gasteiger charge is 2.09. The molecular weight excluding hydrogens is 428 g/mol. The maximum Gasteiger partial charge on any atom is 0.214 e. The third-order valence-electron chi connectivity index (χ3n) is 1.73. The fourth-order valence-electron chi connectivity index (χ4n) is 1.07. The first-order chi connectivity index (χ1) is 7.29. The summed E-state index contributed by atoms with van der Waals surface area (Å²) in [5, 5.41) is 2.95. The maximum absolute atomic E-state index is 4.10. The van der Waals surface area contributed by atoms with E-state index in [1.54, 1.807) is 12.4 Å². The second-order valence-electron chi connectivity index (χ2n) is 2.74. The second-order valence-corrected chi connectivity index (χ2v) is 3.90. The van der Waals surface area contributed by atoms with Gasteiger partial charge in [0.2, 0.25) is 5.71 Å². The summed E-state index contributed by atoms with van der Waals surface area (Å²) in [5.41, 5.74) is 2.03. The molecule has 16 heavy (non-hydrogen) atoms. The fraction of sp³-hybridized carbons (Fsp3) is 0.0909. The van der Waals surface area contributed by atoms with Gasteiger partial charge in [-0.25, -0.2) is 4.99 Å². The van der Waals surface area contributed by atoms with Gasteiger partial charge >= 0.3 is 0 Å². The molecule has 0 aliphatic carbocycles. The molecule has 3 nitrogen and oxygen atoms in total. The van der Waals surface area contributed by atoms with Crippen molar-refractivity contribution < 1.29 is 29.0 Å². The summed E-state index contributed by atoms with van der Waals surface area (Å²) in [7, 11) is 1.86. The largest absolute Gasteiger partial charge is 1.00 e. The Morgan fingerprint density at radius 3 is 2.94 bits per heavy atom. The van der Waals surface area contributed by atoms with Crippen molar-refractivity contribution in [1.29, 1.82) is 0 Å². The molecule has 0 radical (unpaired) electrons. The van der Waals surface area contributed by atoms with E-state index in [1.165, 1.54) is 0 Å². The minimum absolute atomic E-state index is 0. The lowest BCUT2D eigenvalue weighted by Crippen LogP contribution is -3.00. The van der Waals surface area contributed by atoms with E-state index in [9.17, 15) is 0 Å². The highest BCUT2D eigenvalue weighted by Crippen LogP contribution is 2.09. The van der Waals surface area contributed by atoms with Crippen LogP contribution in [0.1, 0.15) is 5.56 Å². The van der Waals surface area contributed by atoms with Gasteiger partial charge < -0.3 is 29.3 Å². The van der Waals surface area contributed by atoms with Gasteiger partial charge in [-0.1, -0.05) is 0 Å². The molecule has 0 saturated heterocycles. The molecule has 2 N–H and O–H groups in total. The van der Waals surface area contributed by atoms with E-state index in [1.807, 2.05) is 31.6 Å². The zero-order valence-corrected chi connectivity index (χ0v) is 13.2. The Morgan fingerprint density at radius 1 is 1.62 bits per heavy atom. The van der Waals surface area contributed by atoms with Gasteiger partial charge in [-0.05, 0) is 35.2 Å². The monoisotopic (exact) mass is 441 g/mol. The topological polar surface area (TPSA) is 38.9 Å². The normalized spacial score (nSPS) is 11.0. The van der Waals surface area contributed by atoms with Crippen molar-refractivity contribution in [1.82, 2.24) is 10.3 Å². The molecule has 1 aromatic rings. The van der Waals surface area contributed by atoms with Crippen LogP contribution in [0.3, 0.4) is 0 Å². The van der Waals surface area contributed by atoms with E-state index in [0.717, 1.165) is 14.8 Å². The fourth-order valence-corrected chi connectivity index (χ4v) is 1.66. The highest BCUT2D eigenvalue weighted by molar-refractivity contribution is 14.1. The van der Waals surface area contributed by atoms with Crippen LogP contribution in [-0.2, 0) is 0 Å². The molecule has 0 saturated carbocycles. The molecule has 5 heteroatoms. The molecular formula is C11H13I2N3. The molecule has 0 bridgehead atoms. The van der Waals surface area contributed by atoms with Crippen LogP contribution in [0.5, 0.6) is 0 Å². The number of hydrogen-bond donors (Lipinski definition) is 2. The lowest BCUT2D eigenvalue weighted by Gasteiger charge is -1.98. The van der Waals surface area contributed by atoms with Crippen LogP contribution in [0.2, 0.25) is 0 Å². The quantitative estimate of drug-likeness (QED) is 0.399. The molecule has 0 spiro atoms. The van der Waals surface area contributed by atoms with Gasteiger partial charge in [-0.15, -0.1) is 0 Å². The lowest BCUT2D eigenvalue weighted by molar-refractivity contribution is -0.370. The van der Waals surface area contributed by atoms with Crippen molar-refractivity contribution in [3.05, 3.63) is 52.6 Å². The van der Waals surface area contributed by atoms with E-state index < -0.39 is 0 Å². The first-order valence-electron chi connectivity index (χ1n) is 4.47. The molecule has 0 aliphatic rings. The molecule has 0 aliphatic heterocycles. The minimum Gasteiger partial charge on any atom is -1.00 e. The third kappa shape index (κ3) is 4.60. The van der Waals surface area contributed by atoms with Crippen molar-refractivity contribution in [2.24, 2.45) is 0 Å². The van der Waals surface area contributed by atoms with Crippen molar-refractivity contribution in [3.63, 3.8) is 0 Å². The van der Waals surface area contributed by atoms with Gasteiger partial charge in [-0.2, -0.15) is 0 Å². The highest BCUT2D eigenvalue weighted by atomic mass is 127. The third-order valence-corrected chi connectivity index (χ3v) is 2.67. The second kappa shape index (κ2) is 8.68. The Labute approximate surface area is 126 Å². The van der Waals surface area contributed by atoms with Crippen LogP contribution in [0.25, 0.3) is 0 Å². The number of rotatable bonds is 4. The number of halogens is 2. The van der Waals surface area contributed by atoms with E-state index >= 15 is 0 Å². The van der Waals surface area contributed by atoms with Crippen LogP contribution in [0.4, 0.5) is 0 Å². The molecule has 0 atom stereocenters. The number of nitrogens with zero attached hydrogens (tertiary/aromatic N) is 1. The lowest BCUT2D eigenvalue weighted by atomic mass is 10.2. The summed E-state index contributed by atoms with van der Waals surface area (Å²) in [4.78, 5) is 7.19. The molecule has 1 rings (SSSR count). The molecule has 0 unspecified atom stereocenters. The summed E-state index contributed by atoms with van der Waals surface area (Å²) in [5.74, 6) is 0. The van der Waals surface area contributed by atoms with Crippen LogP contribution in [0, 0.1) is 3.57 Å².